The number of anilines is 2. The molecule has 1 aromatic carbocycles. The number of hydrogen-bond acceptors (Lipinski definition) is 4. The van der Waals surface area contributed by atoms with Crippen molar-refractivity contribution in [1.29, 1.82) is 0 Å². The monoisotopic (exact) mass is 252 g/mol. The minimum Gasteiger partial charge on any atom is -0.398 e. The van der Waals surface area contributed by atoms with Crippen LogP contribution in [0.1, 0.15) is 17.3 Å². The number of nitrogens with zero attached hydrogens (tertiary/aromatic N) is 1. The van der Waals surface area contributed by atoms with Crippen molar-refractivity contribution < 1.29 is 9.00 Å². The number of ketones is 1. The van der Waals surface area contributed by atoms with Gasteiger partial charge in [-0.05, 0) is 25.1 Å². The van der Waals surface area contributed by atoms with Crippen molar-refractivity contribution in [3.63, 3.8) is 0 Å². The van der Waals surface area contributed by atoms with E-state index >= 15 is 0 Å². The molecule has 0 amide bonds. The van der Waals surface area contributed by atoms with Gasteiger partial charge in [-0.1, -0.05) is 0 Å². The molecular formula is C12H16N2O2S. The Morgan fingerprint density at radius 1 is 1.35 bits per heavy atom. The van der Waals surface area contributed by atoms with Gasteiger partial charge in [0.15, 0.2) is 5.78 Å². The standard InChI is InChI=1S/C12H16N2O2S/c1-9(15)11-8-10(2-3-12(11)13)14-4-6-17(16)7-5-14/h2-3,8H,4-7,13H2,1H3. The maximum Gasteiger partial charge on any atom is 0.161 e. The Morgan fingerprint density at radius 3 is 2.59 bits per heavy atom. The van der Waals surface area contributed by atoms with Gasteiger partial charge < -0.3 is 10.6 Å². The first-order valence-corrected chi connectivity index (χ1v) is 7.07. The summed E-state index contributed by atoms with van der Waals surface area (Å²) in [6.07, 6.45) is 0. The van der Waals surface area contributed by atoms with Crippen LogP contribution in [0.2, 0.25) is 0 Å². The number of carbonyl (C=O) groups excluding carboxylic acids is 1. The van der Waals surface area contributed by atoms with E-state index in [1.54, 1.807) is 6.07 Å². The zero-order chi connectivity index (χ0) is 12.4. The lowest BCUT2D eigenvalue weighted by Crippen LogP contribution is -2.37. The molecule has 1 fully saturated rings. The Balaban J connectivity index is 2.24. The number of hydrogen-bond donors (Lipinski definition) is 1. The van der Waals surface area contributed by atoms with Crippen molar-refractivity contribution in [2.24, 2.45) is 0 Å². The number of benzene rings is 1. The number of carbonyl (C=O) groups is 1. The van der Waals surface area contributed by atoms with Gasteiger partial charge in [0.05, 0.1) is 0 Å². The molecule has 0 bridgehead atoms. The van der Waals surface area contributed by atoms with Crippen molar-refractivity contribution in [2.75, 3.05) is 35.2 Å². The molecule has 1 saturated heterocycles. The zero-order valence-electron chi connectivity index (χ0n) is 9.81. The molecule has 92 valence electrons. The summed E-state index contributed by atoms with van der Waals surface area (Å²) in [6, 6.07) is 5.50. The molecule has 0 saturated carbocycles. The second-order valence-electron chi connectivity index (χ2n) is 4.16. The predicted octanol–water partition coefficient (Wildman–Crippen LogP) is 1.04. The molecule has 2 rings (SSSR count). The van der Waals surface area contributed by atoms with Crippen molar-refractivity contribution in [2.45, 2.75) is 6.92 Å². The van der Waals surface area contributed by atoms with Crippen LogP contribution in [0.5, 0.6) is 0 Å². The van der Waals surface area contributed by atoms with Crippen LogP contribution in [0.15, 0.2) is 18.2 Å². The molecule has 2 N–H and O–H groups in total. The minimum absolute atomic E-state index is 0.0232. The summed E-state index contributed by atoms with van der Waals surface area (Å²) in [5, 5.41) is 0. The van der Waals surface area contributed by atoms with Crippen LogP contribution >= 0.6 is 0 Å². The van der Waals surface area contributed by atoms with Crippen LogP contribution in [0, 0.1) is 0 Å². The SMILES string of the molecule is CC(=O)c1cc(N2CCS(=O)CC2)ccc1N. The normalized spacial score (nSPS) is 17.1. The predicted molar refractivity (Wildman–Crippen MR) is 70.9 cm³/mol. The minimum atomic E-state index is -0.686. The highest BCUT2D eigenvalue weighted by Gasteiger charge is 2.16. The second kappa shape index (κ2) is 4.87. The van der Waals surface area contributed by atoms with Crippen LogP contribution in [0.25, 0.3) is 0 Å². The van der Waals surface area contributed by atoms with Crippen LogP contribution in [0.3, 0.4) is 0 Å². The van der Waals surface area contributed by atoms with E-state index in [2.05, 4.69) is 4.90 Å². The van der Waals surface area contributed by atoms with Crippen LogP contribution in [-0.4, -0.2) is 34.6 Å². The first-order chi connectivity index (χ1) is 8.08. The summed E-state index contributed by atoms with van der Waals surface area (Å²) >= 11 is 0. The van der Waals surface area contributed by atoms with E-state index in [1.807, 2.05) is 12.1 Å². The quantitative estimate of drug-likeness (QED) is 0.631. The fourth-order valence-electron chi connectivity index (χ4n) is 1.94. The van der Waals surface area contributed by atoms with E-state index < -0.39 is 10.8 Å². The summed E-state index contributed by atoms with van der Waals surface area (Å²) in [4.78, 5) is 13.6. The molecular weight excluding hydrogens is 236 g/mol. The average Bonchev–Trinajstić information content (AvgIpc) is 2.30. The van der Waals surface area contributed by atoms with E-state index in [-0.39, 0.29) is 5.78 Å². The average molecular weight is 252 g/mol. The molecule has 0 radical (unpaired) electrons. The smallest absolute Gasteiger partial charge is 0.161 e. The van der Waals surface area contributed by atoms with Crippen molar-refractivity contribution in [1.82, 2.24) is 0 Å². The van der Waals surface area contributed by atoms with Crippen molar-refractivity contribution in [3.05, 3.63) is 23.8 Å². The number of nitrogens with two attached hydrogens (primary N) is 1. The van der Waals surface area contributed by atoms with Crippen LogP contribution in [0.4, 0.5) is 11.4 Å². The lowest BCUT2D eigenvalue weighted by atomic mass is 10.1. The van der Waals surface area contributed by atoms with Gasteiger partial charge in [0.25, 0.3) is 0 Å². The molecule has 1 heterocycles. The van der Waals surface area contributed by atoms with Gasteiger partial charge in [-0.3, -0.25) is 9.00 Å². The van der Waals surface area contributed by atoms with E-state index in [9.17, 15) is 9.00 Å². The van der Waals surface area contributed by atoms with Gasteiger partial charge in [-0.15, -0.1) is 0 Å². The molecule has 0 unspecified atom stereocenters. The second-order valence-corrected chi connectivity index (χ2v) is 5.86. The first-order valence-electron chi connectivity index (χ1n) is 5.58. The lowest BCUT2D eigenvalue weighted by Gasteiger charge is -2.28. The van der Waals surface area contributed by atoms with Gasteiger partial charge in [0.2, 0.25) is 0 Å². The van der Waals surface area contributed by atoms with Crippen LogP contribution < -0.4 is 10.6 Å². The lowest BCUT2D eigenvalue weighted by molar-refractivity contribution is 0.101. The van der Waals surface area contributed by atoms with E-state index in [1.165, 1.54) is 6.92 Å². The molecule has 0 aliphatic carbocycles. The third-order valence-electron chi connectivity index (χ3n) is 2.96. The fourth-order valence-corrected chi connectivity index (χ4v) is 2.99. The van der Waals surface area contributed by atoms with Gasteiger partial charge in [-0.25, -0.2) is 0 Å². The largest absolute Gasteiger partial charge is 0.398 e. The van der Waals surface area contributed by atoms with Gasteiger partial charge in [-0.2, -0.15) is 0 Å². The van der Waals surface area contributed by atoms with Gasteiger partial charge >= 0.3 is 0 Å². The third kappa shape index (κ3) is 2.66. The molecule has 1 aliphatic rings. The molecule has 1 aromatic rings. The van der Waals surface area contributed by atoms with E-state index in [0.29, 0.717) is 22.8 Å². The highest BCUT2D eigenvalue weighted by Crippen LogP contribution is 2.22. The van der Waals surface area contributed by atoms with Gasteiger partial charge in [0, 0.05) is 52.3 Å². The highest BCUT2D eigenvalue weighted by molar-refractivity contribution is 7.85. The highest BCUT2D eigenvalue weighted by atomic mass is 32.2. The maximum absolute atomic E-state index is 11.4. The third-order valence-corrected chi connectivity index (χ3v) is 4.23. The molecule has 4 nitrogen and oxygen atoms in total. The molecule has 5 heteroatoms. The van der Waals surface area contributed by atoms with E-state index in [0.717, 1.165) is 18.8 Å². The number of nitrogen functional groups attached to an aromatic ring is 1. The molecule has 0 atom stereocenters. The van der Waals surface area contributed by atoms with Gasteiger partial charge in [0.1, 0.15) is 0 Å². The van der Waals surface area contributed by atoms with Crippen LogP contribution in [-0.2, 0) is 10.8 Å². The summed E-state index contributed by atoms with van der Waals surface area (Å²) < 4.78 is 11.3. The van der Waals surface area contributed by atoms with Crippen molar-refractivity contribution >= 4 is 28.0 Å². The van der Waals surface area contributed by atoms with Crippen molar-refractivity contribution in [3.8, 4) is 0 Å². The maximum atomic E-state index is 11.4. The summed E-state index contributed by atoms with van der Waals surface area (Å²) in [7, 11) is -0.686. The summed E-state index contributed by atoms with van der Waals surface area (Å²) in [5.74, 6) is 1.37. The molecule has 17 heavy (non-hydrogen) atoms. The number of rotatable bonds is 2. The number of Topliss-reactive ketones (excluding diaryl/α,β-unsaturated/α-hetero) is 1. The first kappa shape index (κ1) is 12.1. The summed E-state index contributed by atoms with van der Waals surface area (Å²) in [6.45, 7) is 3.06. The molecule has 0 spiro atoms. The Kier molecular flexibility index (Phi) is 3.47. The Hall–Kier alpha value is -1.36. The Morgan fingerprint density at radius 2 is 2.00 bits per heavy atom. The molecule has 1 aliphatic heterocycles. The Bertz CT molecular complexity index is 464. The Labute approximate surface area is 103 Å². The fraction of sp³-hybridized carbons (Fsp3) is 0.417. The summed E-state index contributed by atoms with van der Waals surface area (Å²) in [5.41, 5.74) is 7.82. The zero-order valence-corrected chi connectivity index (χ0v) is 10.6. The topological polar surface area (TPSA) is 63.4 Å². The molecule has 0 aromatic heterocycles. The van der Waals surface area contributed by atoms with E-state index in [4.69, 9.17) is 5.73 Å².